The zero-order valence-corrected chi connectivity index (χ0v) is 29.9. The summed E-state index contributed by atoms with van der Waals surface area (Å²) in [5, 5.41) is 7.52. The van der Waals surface area contributed by atoms with Crippen molar-refractivity contribution in [2.45, 2.75) is 58.2 Å². The molecule has 5 rings (SSSR count). The van der Waals surface area contributed by atoms with Gasteiger partial charge in [0.05, 0.1) is 25.7 Å². The summed E-state index contributed by atoms with van der Waals surface area (Å²) in [6.07, 6.45) is 5.40. The molecule has 2 aromatic heterocycles. The summed E-state index contributed by atoms with van der Waals surface area (Å²) < 4.78 is 31.8. The van der Waals surface area contributed by atoms with Crippen molar-refractivity contribution in [2.24, 2.45) is 5.92 Å². The number of likely N-dealkylation sites (tertiary alicyclic amines) is 1. The van der Waals surface area contributed by atoms with Crippen LogP contribution in [0, 0.1) is 11.7 Å². The number of methoxy groups -OCH3 is 1. The quantitative estimate of drug-likeness (QED) is 0.141. The van der Waals surface area contributed by atoms with Crippen LogP contribution < -0.4 is 20.1 Å². The summed E-state index contributed by atoms with van der Waals surface area (Å²) in [7, 11) is -0.0967. The summed E-state index contributed by atoms with van der Waals surface area (Å²) in [5.41, 5.74) is 1.12. The first kappa shape index (κ1) is 34.7. The largest absolute Gasteiger partial charge is 0.493 e. The SMILES string of the molecule is COc1cc2c(Nc3ncc(CC(=O)Nc4cccc(F)c4)s3)ncnc2cc1OCC1CCN(CCO[Si](C)(C)C(C)(C)C)CC1. The summed E-state index contributed by atoms with van der Waals surface area (Å²) in [4.78, 5) is 29.1. The van der Waals surface area contributed by atoms with Gasteiger partial charge in [-0.1, -0.05) is 26.8 Å². The van der Waals surface area contributed by atoms with Gasteiger partial charge >= 0.3 is 0 Å². The molecule has 47 heavy (non-hydrogen) atoms. The van der Waals surface area contributed by atoms with E-state index in [1.165, 1.54) is 29.8 Å². The number of nitrogens with zero attached hydrogens (tertiary/aromatic N) is 4. The summed E-state index contributed by atoms with van der Waals surface area (Å²) in [6, 6.07) is 9.56. The van der Waals surface area contributed by atoms with Crippen molar-refractivity contribution >= 4 is 53.1 Å². The lowest BCUT2D eigenvalue weighted by atomic mass is 9.98. The second-order valence-electron chi connectivity index (χ2n) is 13.4. The maximum absolute atomic E-state index is 13.4. The number of hydrogen-bond acceptors (Lipinski definition) is 10. The van der Waals surface area contributed by atoms with Crippen LogP contribution in [0.15, 0.2) is 48.9 Å². The lowest BCUT2D eigenvalue weighted by Gasteiger charge is -2.37. The van der Waals surface area contributed by atoms with E-state index in [2.05, 4.69) is 64.4 Å². The highest BCUT2D eigenvalue weighted by Gasteiger charge is 2.37. The van der Waals surface area contributed by atoms with E-state index in [9.17, 15) is 9.18 Å². The fraction of sp³-hybridized carbons (Fsp3) is 0.471. The Morgan fingerprint density at radius 1 is 1.11 bits per heavy atom. The van der Waals surface area contributed by atoms with E-state index in [1.807, 2.05) is 12.1 Å². The highest BCUT2D eigenvalue weighted by Crippen LogP contribution is 2.37. The summed E-state index contributed by atoms with van der Waals surface area (Å²) in [5.74, 6) is 1.61. The lowest BCUT2D eigenvalue weighted by Crippen LogP contribution is -2.44. The predicted octanol–water partition coefficient (Wildman–Crippen LogP) is 7.27. The van der Waals surface area contributed by atoms with Crippen LogP contribution in [0.2, 0.25) is 18.1 Å². The van der Waals surface area contributed by atoms with Crippen molar-refractivity contribution in [3.63, 3.8) is 0 Å². The molecule has 0 bridgehead atoms. The third kappa shape index (κ3) is 9.25. The van der Waals surface area contributed by atoms with Gasteiger partial charge in [0.2, 0.25) is 5.91 Å². The minimum atomic E-state index is -1.72. The number of nitrogens with one attached hydrogen (secondary N) is 2. The first-order valence-electron chi connectivity index (χ1n) is 16.0. The Bertz CT molecular complexity index is 1670. The molecule has 3 heterocycles. The van der Waals surface area contributed by atoms with Crippen LogP contribution in [0.5, 0.6) is 11.5 Å². The zero-order valence-electron chi connectivity index (χ0n) is 28.1. The van der Waals surface area contributed by atoms with E-state index in [0.717, 1.165) is 49.3 Å². The van der Waals surface area contributed by atoms with Gasteiger partial charge < -0.3 is 29.4 Å². The Labute approximate surface area is 281 Å². The van der Waals surface area contributed by atoms with Crippen molar-refractivity contribution in [3.05, 3.63) is 59.6 Å². The van der Waals surface area contributed by atoms with Crippen molar-refractivity contribution in [1.82, 2.24) is 19.9 Å². The van der Waals surface area contributed by atoms with Gasteiger partial charge in [0.15, 0.2) is 24.9 Å². The van der Waals surface area contributed by atoms with Crippen LogP contribution in [0.3, 0.4) is 0 Å². The van der Waals surface area contributed by atoms with Gasteiger partial charge in [-0.3, -0.25) is 4.79 Å². The number of rotatable bonds is 13. The number of aromatic nitrogens is 3. The third-order valence-electron chi connectivity index (χ3n) is 9.00. The average Bonchev–Trinajstić information content (AvgIpc) is 3.46. The van der Waals surface area contributed by atoms with Gasteiger partial charge in [-0.05, 0) is 74.2 Å². The molecule has 252 valence electrons. The van der Waals surface area contributed by atoms with Crippen molar-refractivity contribution in [1.29, 1.82) is 0 Å². The number of piperidine rings is 1. The second kappa shape index (κ2) is 15.1. The molecule has 0 aliphatic carbocycles. The van der Waals surface area contributed by atoms with Gasteiger partial charge in [0, 0.05) is 41.4 Å². The maximum atomic E-state index is 13.4. The van der Waals surface area contributed by atoms with Crippen LogP contribution in [-0.2, 0) is 15.6 Å². The molecule has 0 unspecified atom stereocenters. The van der Waals surface area contributed by atoms with Crippen LogP contribution >= 0.6 is 11.3 Å². The minimum absolute atomic E-state index is 0.111. The van der Waals surface area contributed by atoms with Crippen molar-refractivity contribution in [2.75, 3.05) is 50.6 Å². The van der Waals surface area contributed by atoms with Crippen LogP contribution in [-0.4, -0.2) is 74.0 Å². The Kier molecular flexibility index (Phi) is 11.1. The molecule has 1 amide bonds. The molecule has 1 aliphatic heterocycles. The molecule has 2 N–H and O–H groups in total. The van der Waals surface area contributed by atoms with Gasteiger partial charge in [0.25, 0.3) is 0 Å². The smallest absolute Gasteiger partial charge is 0.229 e. The Balaban J connectivity index is 1.14. The van der Waals surface area contributed by atoms with Gasteiger partial charge in [-0.2, -0.15) is 0 Å². The molecule has 0 spiro atoms. The van der Waals surface area contributed by atoms with Gasteiger partial charge in [-0.25, -0.2) is 19.3 Å². The van der Waals surface area contributed by atoms with Crippen molar-refractivity contribution in [3.8, 4) is 11.5 Å². The number of thiazole rings is 1. The Morgan fingerprint density at radius 2 is 1.89 bits per heavy atom. The van der Waals surface area contributed by atoms with E-state index in [1.54, 1.807) is 25.4 Å². The fourth-order valence-electron chi connectivity index (χ4n) is 5.14. The number of anilines is 3. The molecule has 0 saturated carbocycles. The number of carbonyl (C=O) groups excluding carboxylic acids is 1. The van der Waals surface area contributed by atoms with Gasteiger partial charge in [-0.15, -0.1) is 11.3 Å². The molecule has 0 radical (unpaired) electrons. The standard InChI is InChI=1S/C34H45FN6O4SSi/c1-34(2,3)47(5,6)45-15-14-41-12-10-23(11-13-41)21-44-30-19-28-27(18-29(30)43-4)32(38-22-37-28)40-33-36-20-26(46-33)17-31(42)39-25-9-7-8-24(35)16-25/h7-9,16,18-20,22-23H,10-15,17,21H2,1-6H3,(H,39,42)(H,36,37,38,40). The minimum Gasteiger partial charge on any atom is -0.493 e. The Hall–Kier alpha value is -3.65. The lowest BCUT2D eigenvalue weighted by molar-refractivity contribution is -0.115. The maximum Gasteiger partial charge on any atom is 0.229 e. The van der Waals surface area contributed by atoms with Crippen molar-refractivity contribution < 1.29 is 23.1 Å². The molecule has 1 aliphatic rings. The molecule has 1 saturated heterocycles. The molecular weight excluding hydrogens is 636 g/mol. The number of hydrogen-bond donors (Lipinski definition) is 2. The van der Waals surface area contributed by atoms with Gasteiger partial charge in [0.1, 0.15) is 18.0 Å². The predicted molar refractivity (Wildman–Crippen MR) is 188 cm³/mol. The highest BCUT2D eigenvalue weighted by atomic mass is 32.1. The van der Waals surface area contributed by atoms with E-state index < -0.39 is 14.1 Å². The van der Waals surface area contributed by atoms with Crippen LogP contribution in [0.4, 0.5) is 21.0 Å². The van der Waals surface area contributed by atoms with Crippen LogP contribution in [0.1, 0.15) is 38.5 Å². The first-order chi connectivity index (χ1) is 22.4. The first-order valence-corrected chi connectivity index (χ1v) is 19.7. The summed E-state index contributed by atoms with van der Waals surface area (Å²) >= 11 is 1.34. The third-order valence-corrected chi connectivity index (χ3v) is 14.5. The Morgan fingerprint density at radius 3 is 2.62 bits per heavy atom. The number of amides is 1. The normalized spacial score (nSPS) is 14.7. The molecule has 10 nitrogen and oxygen atoms in total. The molecular formula is C34H45FN6O4SSi. The number of benzene rings is 2. The van der Waals surface area contributed by atoms with E-state index >= 15 is 0 Å². The number of carbonyl (C=O) groups is 1. The van der Waals surface area contributed by atoms with Crippen LogP contribution in [0.25, 0.3) is 10.9 Å². The number of fused-ring (bicyclic) bond motifs is 1. The zero-order chi connectivity index (χ0) is 33.6. The van der Waals surface area contributed by atoms with E-state index in [-0.39, 0.29) is 17.4 Å². The molecule has 4 aromatic rings. The monoisotopic (exact) mass is 680 g/mol. The topological polar surface area (TPSA) is 111 Å². The second-order valence-corrected chi connectivity index (χ2v) is 19.4. The summed E-state index contributed by atoms with van der Waals surface area (Å²) in [6.45, 7) is 15.9. The average molecular weight is 681 g/mol. The van der Waals surface area contributed by atoms with E-state index in [4.69, 9.17) is 13.9 Å². The highest BCUT2D eigenvalue weighted by molar-refractivity contribution is 7.15. The molecule has 0 atom stereocenters. The number of ether oxygens (including phenoxy) is 2. The van der Waals surface area contributed by atoms with E-state index in [0.29, 0.717) is 46.2 Å². The molecule has 13 heteroatoms. The molecule has 1 fully saturated rings. The molecule has 2 aromatic carbocycles. The fourth-order valence-corrected chi connectivity index (χ4v) is 6.99. The number of halogens is 1.